The van der Waals surface area contributed by atoms with Crippen molar-refractivity contribution in [2.75, 3.05) is 4.90 Å². The number of thiazole rings is 1. The number of hydrogen-bond donors (Lipinski definition) is 0. The van der Waals surface area contributed by atoms with Crippen molar-refractivity contribution in [1.29, 1.82) is 0 Å². The number of hydrogen-bond acceptors (Lipinski definition) is 6. The van der Waals surface area contributed by atoms with Crippen LogP contribution in [0.2, 0.25) is 0 Å². The molecule has 0 unspecified atom stereocenters. The summed E-state index contributed by atoms with van der Waals surface area (Å²) in [6, 6.07) is 11.5. The lowest BCUT2D eigenvalue weighted by atomic mass is 10.3. The lowest BCUT2D eigenvalue weighted by Gasteiger charge is -2.13. The molecule has 3 heterocycles. The van der Waals surface area contributed by atoms with Gasteiger partial charge in [0.25, 0.3) is 5.91 Å². The summed E-state index contributed by atoms with van der Waals surface area (Å²) in [7, 11) is 0. The number of nitrogens with zero attached hydrogens (tertiary/aromatic N) is 2. The Morgan fingerprint density at radius 1 is 1.12 bits per heavy atom. The predicted molar refractivity (Wildman–Crippen MR) is 108 cm³/mol. The topological polar surface area (TPSA) is 33.2 Å². The first-order valence-electron chi connectivity index (χ1n) is 7.03. The Balaban J connectivity index is 1.62. The lowest BCUT2D eigenvalue weighted by molar-refractivity contribution is -0.113. The minimum atomic E-state index is -0.0960. The van der Waals surface area contributed by atoms with E-state index in [0.717, 1.165) is 22.0 Å². The van der Waals surface area contributed by atoms with Gasteiger partial charge in [-0.2, -0.15) is 11.3 Å². The van der Waals surface area contributed by atoms with E-state index in [1.807, 2.05) is 53.2 Å². The van der Waals surface area contributed by atoms with E-state index in [0.29, 0.717) is 9.23 Å². The number of thiophene rings is 1. The number of thiocarbonyl (C=S) groups is 1. The Morgan fingerprint density at radius 3 is 2.71 bits per heavy atom. The molecular weight excluding hydrogens is 376 g/mol. The molecule has 1 fully saturated rings. The van der Waals surface area contributed by atoms with Crippen LogP contribution in [0.15, 0.2) is 57.4 Å². The number of rotatable bonds is 3. The Hall–Kier alpha value is -1.80. The molecule has 0 radical (unpaired) electrons. The van der Waals surface area contributed by atoms with Gasteiger partial charge in [0.15, 0.2) is 4.32 Å². The monoisotopic (exact) mass is 386 g/mol. The molecule has 24 heavy (non-hydrogen) atoms. The summed E-state index contributed by atoms with van der Waals surface area (Å²) in [5.74, 6) is -0.0960. The number of anilines is 1. The Bertz CT molecular complexity index is 929. The molecule has 118 valence electrons. The molecule has 2 aromatic heterocycles. The minimum Gasteiger partial charge on any atom is -0.268 e. The van der Waals surface area contributed by atoms with Crippen LogP contribution in [0.25, 0.3) is 16.6 Å². The van der Waals surface area contributed by atoms with Gasteiger partial charge in [0.1, 0.15) is 5.01 Å². The first kappa shape index (κ1) is 15.7. The van der Waals surface area contributed by atoms with Crippen molar-refractivity contribution in [1.82, 2.24) is 4.98 Å². The van der Waals surface area contributed by atoms with Crippen molar-refractivity contribution in [2.45, 2.75) is 0 Å². The molecule has 4 rings (SSSR count). The second kappa shape index (κ2) is 6.60. The normalized spacial score (nSPS) is 16.3. The van der Waals surface area contributed by atoms with Crippen LogP contribution in [0, 0.1) is 0 Å². The molecule has 0 aliphatic carbocycles. The van der Waals surface area contributed by atoms with Gasteiger partial charge in [0, 0.05) is 16.3 Å². The summed E-state index contributed by atoms with van der Waals surface area (Å²) < 4.78 is 0.547. The molecule has 0 bridgehead atoms. The van der Waals surface area contributed by atoms with Gasteiger partial charge >= 0.3 is 0 Å². The fourth-order valence-corrected chi connectivity index (χ4v) is 5.05. The molecule has 1 aliphatic heterocycles. The summed E-state index contributed by atoms with van der Waals surface area (Å²) >= 11 is 9.91. The van der Waals surface area contributed by atoms with Crippen molar-refractivity contribution in [2.24, 2.45) is 0 Å². The van der Waals surface area contributed by atoms with Crippen LogP contribution in [0.1, 0.15) is 5.69 Å². The second-order valence-electron chi connectivity index (χ2n) is 4.94. The summed E-state index contributed by atoms with van der Waals surface area (Å²) in [6.07, 6.45) is 1.81. The van der Waals surface area contributed by atoms with E-state index in [1.165, 1.54) is 11.8 Å². The average molecular weight is 387 g/mol. The number of thioether (sulfide) groups is 1. The fourth-order valence-electron chi connectivity index (χ4n) is 2.27. The number of carbonyl (C=O) groups excluding carboxylic acids is 1. The third-order valence-corrected chi connectivity index (χ3v) is 6.27. The van der Waals surface area contributed by atoms with Crippen LogP contribution in [0.5, 0.6) is 0 Å². The third-order valence-electron chi connectivity index (χ3n) is 3.38. The standard InChI is InChI=1S/C17H10N2OS4/c20-16-14(24-17(21)19(16)13-4-2-1-3-5-13)8-12-10-23-15(18-12)11-6-7-22-9-11/h1-10H/b14-8+. The summed E-state index contributed by atoms with van der Waals surface area (Å²) in [5, 5.41) is 7.02. The molecule has 0 N–H and O–H groups in total. The van der Waals surface area contributed by atoms with Crippen LogP contribution in [-0.2, 0) is 4.79 Å². The van der Waals surface area contributed by atoms with Crippen LogP contribution in [0.3, 0.4) is 0 Å². The van der Waals surface area contributed by atoms with Gasteiger partial charge in [-0.25, -0.2) is 4.98 Å². The summed E-state index contributed by atoms with van der Waals surface area (Å²) in [5.41, 5.74) is 2.69. The minimum absolute atomic E-state index is 0.0960. The SMILES string of the molecule is O=C1/C(=C\c2csc(-c3ccsc3)n2)SC(=S)N1c1ccccc1. The quantitative estimate of drug-likeness (QED) is 0.453. The lowest BCUT2D eigenvalue weighted by Crippen LogP contribution is -2.27. The molecule has 1 saturated heterocycles. The van der Waals surface area contributed by atoms with Crippen LogP contribution in [-0.4, -0.2) is 15.2 Å². The largest absolute Gasteiger partial charge is 0.270 e. The number of benzene rings is 1. The van der Waals surface area contributed by atoms with Gasteiger partial charge in [-0.15, -0.1) is 11.3 Å². The molecule has 0 saturated carbocycles. The van der Waals surface area contributed by atoms with E-state index in [9.17, 15) is 4.79 Å². The van der Waals surface area contributed by atoms with Crippen molar-refractivity contribution < 1.29 is 4.79 Å². The van der Waals surface area contributed by atoms with E-state index in [2.05, 4.69) is 10.4 Å². The highest BCUT2D eigenvalue weighted by Gasteiger charge is 2.33. The molecule has 3 nitrogen and oxygen atoms in total. The van der Waals surface area contributed by atoms with Crippen LogP contribution >= 0.6 is 46.7 Å². The molecular formula is C17H10N2OS4. The molecule has 0 spiro atoms. The van der Waals surface area contributed by atoms with Crippen molar-refractivity contribution in [3.8, 4) is 10.6 Å². The second-order valence-corrected chi connectivity index (χ2v) is 8.26. The van der Waals surface area contributed by atoms with E-state index in [1.54, 1.807) is 27.6 Å². The zero-order valence-corrected chi connectivity index (χ0v) is 15.5. The van der Waals surface area contributed by atoms with Gasteiger partial charge < -0.3 is 0 Å². The third kappa shape index (κ3) is 2.95. The van der Waals surface area contributed by atoms with Gasteiger partial charge in [0.2, 0.25) is 0 Å². The first-order chi connectivity index (χ1) is 11.7. The molecule has 1 aromatic carbocycles. The smallest absolute Gasteiger partial charge is 0.268 e. The van der Waals surface area contributed by atoms with Gasteiger partial charge in [-0.3, -0.25) is 9.69 Å². The molecule has 3 aromatic rings. The highest BCUT2D eigenvalue weighted by Crippen LogP contribution is 2.36. The predicted octanol–water partition coefficient (Wildman–Crippen LogP) is 5.28. The van der Waals surface area contributed by atoms with E-state index in [4.69, 9.17) is 12.2 Å². The van der Waals surface area contributed by atoms with Crippen molar-refractivity contribution in [3.63, 3.8) is 0 Å². The number of amides is 1. The molecule has 1 amide bonds. The maximum atomic E-state index is 12.7. The van der Waals surface area contributed by atoms with E-state index >= 15 is 0 Å². The Labute approximate surface area is 156 Å². The van der Waals surface area contributed by atoms with Gasteiger partial charge in [-0.05, 0) is 29.7 Å². The number of carbonyl (C=O) groups is 1. The average Bonchev–Trinajstić information content (AvgIpc) is 3.31. The van der Waals surface area contributed by atoms with E-state index in [-0.39, 0.29) is 5.91 Å². The van der Waals surface area contributed by atoms with Crippen LogP contribution in [0.4, 0.5) is 5.69 Å². The highest BCUT2D eigenvalue weighted by atomic mass is 32.2. The Kier molecular flexibility index (Phi) is 4.32. The molecule has 0 atom stereocenters. The molecule has 7 heteroatoms. The number of aromatic nitrogens is 1. The Morgan fingerprint density at radius 2 is 1.96 bits per heavy atom. The maximum Gasteiger partial charge on any atom is 0.270 e. The first-order valence-corrected chi connectivity index (χ1v) is 10.1. The number of para-hydroxylation sites is 1. The van der Waals surface area contributed by atoms with Crippen molar-refractivity contribution >= 4 is 68.6 Å². The van der Waals surface area contributed by atoms with Gasteiger partial charge in [-0.1, -0.05) is 42.2 Å². The van der Waals surface area contributed by atoms with Gasteiger partial charge in [0.05, 0.1) is 16.3 Å². The van der Waals surface area contributed by atoms with Crippen molar-refractivity contribution in [3.05, 3.63) is 63.1 Å². The highest BCUT2D eigenvalue weighted by molar-refractivity contribution is 8.27. The zero-order valence-electron chi connectivity index (χ0n) is 12.2. The molecule has 1 aliphatic rings. The summed E-state index contributed by atoms with van der Waals surface area (Å²) in [4.78, 5) is 19.4. The van der Waals surface area contributed by atoms with Crippen LogP contribution < -0.4 is 4.90 Å². The van der Waals surface area contributed by atoms with E-state index < -0.39 is 0 Å². The fraction of sp³-hybridized carbons (Fsp3) is 0. The summed E-state index contributed by atoms with van der Waals surface area (Å²) in [6.45, 7) is 0. The zero-order chi connectivity index (χ0) is 16.5. The maximum absolute atomic E-state index is 12.7.